The molecule has 8 heteroatoms. The van der Waals surface area contributed by atoms with Gasteiger partial charge in [-0.25, -0.2) is 9.97 Å². The fourth-order valence-corrected chi connectivity index (χ4v) is 6.62. The molecule has 0 amide bonds. The van der Waals surface area contributed by atoms with E-state index >= 15 is 0 Å². The maximum absolute atomic E-state index is 11.9. The lowest BCUT2D eigenvalue weighted by molar-refractivity contribution is 0.0617. The molecule has 4 rings (SSSR count). The van der Waals surface area contributed by atoms with Gasteiger partial charge in [0.15, 0.2) is 0 Å². The molecule has 1 aromatic heterocycles. The number of piperidine rings is 1. The molecule has 1 saturated carbocycles. The largest absolute Gasteiger partial charge is 0.393 e. The summed E-state index contributed by atoms with van der Waals surface area (Å²) in [5.41, 5.74) is 2.92. The first-order chi connectivity index (χ1) is 17.3. The van der Waals surface area contributed by atoms with Gasteiger partial charge in [0.1, 0.15) is 11.6 Å². The van der Waals surface area contributed by atoms with Gasteiger partial charge in [0.25, 0.3) is 0 Å². The summed E-state index contributed by atoms with van der Waals surface area (Å²) in [6.45, 7) is 6.37. The molecule has 2 aromatic rings. The summed E-state index contributed by atoms with van der Waals surface area (Å²) >= 11 is 0. The van der Waals surface area contributed by atoms with Crippen molar-refractivity contribution in [1.82, 2.24) is 9.97 Å². The Bertz CT molecular complexity index is 1060. The summed E-state index contributed by atoms with van der Waals surface area (Å²) in [5, 5.41) is 21.7. The highest BCUT2D eigenvalue weighted by Gasteiger charge is 2.32. The van der Waals surface area contributed by atoms with Gasteiger partial charge < -0.3 is 20.7 Å². The summed E-state index contributed by atoms with van der Waals surface area (Å²) in [7, 11) is -0.783. The van der Waals surface area contributed by atoms with Gasteiger partial charge >= 0.3 is 0 Å². The van der Waals surface area contributed by atoms with E-state index in [1.807, 2.05) is 18.2 Å². The Balaban J connectivity index is 1.42. The zero-order valence-electron chi connectivity index (χ0n) is 21.9. The van der Waals surface area contributed by atoms with E-state index in [1.165, 1.54) is 6.21 Å². The molecule has 1 unspecified atom stereocenters. The second kappa shape index (κ2) is 11.8. The third kappa shape index (κ3) is 6.51. The molecule has 2 heterocycles. The van der Waals surface area contributed by atoms with Crippen LogP contribution >= 0.6 is 0 Å². The molecule has 1 saturated heterocycles. The Kier molecular flexibility index (Phi) is 8.78. The van der Waals surface area contributed by atoms with Crippen molar-refractivity contribution >= 4 is 34.2 Å². The molecule has 2 fully saturated rings. The summed E-state index contributed by atoms with van der Waals surface area (Å²) < 4.78 is 11.9. The fourth-order valence-electron chi connectivity index (χ4n) is 5.74. The number of hydrogen-bond acceptors (Lipinski definition) is 7. The number of nitrogens with zero attached hydrogens (tertiary/aromatic N) is 3. The van der Waals surface area contributed by atoms with E-state index in [0.717, 1.165) is 93.0 Å². The van der Waals surface area contributed by atoms with Crippen molar-refractivity contribution in [2.45, 2.75) is 76.6 Å². The van der Waals surface area contributed by atoms with Crippen molar-refractivity contribution in [2.75, 3.05) is 29.6 Å². The lowest BCUT2D eigenvalue weighted by atomic mass is 9.68. The molecule has 7 nitrogen and oxygen atoms in total. The topological polar surface area (TPSA) is 102 Å². The summed E-state index contributed by atoms with van der Waals surface area (Å²) in [4.78, 5) is 11.6. The molecule has 36 heavy (non-hydrogen) atoms. The van der Waals surface area contributed by atoms with Crippen LogP contribution in [0.15, 0.2) is 30.5 Å². The minimum atomic E-state index is -0.783. The van der Waals surface area contributed by atoms with Crippen LogP contribution in [0.1, 0.15) is 70.2 Å². The van der Waals surface area contributed by atoms with Gasteiger partial charge in [-0.05, 0) is 74.5 Å². The molecule has 0 radical (unpaired) electrons. The second-order valence-electron chi connectivity index (χ2n) is 11.0. The van der Waals surface area contributed by atoms with Gasteiger partial charge in [-0.15, -0.1) is 0 Å². The van der Waals surface area contributed by atoms with Crippen LogP contribution < -0.4 is 10.2 Å². The average molecular weight is 512 g/mol. The first kappa shape index (κ1) is 26.7. The van der Waals surface area contributed by atoms with Gasteiger partial charge in [0.05, 0.1) is 11.8 Å². The van der Waals surface area contributed by atoms with E-state index in [2.05, 4.69) is 35.1 Å². The minimum Gasteiger partial charge on any atom is -0.393 e. The summed E-state index contributed by atoms with van der Waals surface area (Å²) in [6.07, 6.45) is 12.5. The minimum absolute atomic E-state index is 0.124. The van der Waals surface area contributed by atoms with Gasteiger partial charge in [-0.1, -0.05) is 19.9 Å². The SMILES string of the molecule is CS(=O)C1CCN(c2cccc(Nc3ccnc(CCC(C)(C)C4CCC(O)CC4)n3)c2C=N)CC1. The number of benzene rings is 1. The number of aryl methyl sites for hydroxylation is 1. The van der Waals surface area contributed by atoms with E-state index in [1.54, 1.807) is 12.5 Å². The first-order valence-electron chi connectivity index (χ1n) is 13.2. The van der Waals surface area contributed by atoms with Crippen LogP contribution in [0, 0.1) is 16.7 Å². The quantitative estimate of drug-likeness (QED) is 0.406. The van der Waals surface area contributed by atoms with Crippen LogP contribution in [-0.4, -0.2) is 56.2 Å². The van der Waals surface area contributed by atoms with Crippen LogP contribution in [-0.2, 0) is 17.2 Å². The number of aliphatic hydroxyl groups excluding tert-OH is 1. The fraction of sp³-hybridized carbons (Fsp3) is 0.607. The molecule has 0 spiro atoms. The average Bonchev–Trinajstić information content (AvgIpc) is 2.88. The Morgan fingerprint density at radius 1 is 1.17 bits per heavy atom. The van der Waals surface area contributed by atoms with E-state index < -0.39 is 10.8 Å². The highest BCUT2D eigenvalue weighted by atomic mass is 32.2. The summed E-state index contributed by atoms with van der Waals surface area (Å²) in [5.74, 6) is 2.19. The molecule has 1 aromatic carbocycles. The smallest absolute Gasteiger partial charge is 0.134 e. The Morgan fingerprint density at radius 2 is 1.89 bits per heavy atom. The van der Waals surface area contributed by atoms with E-state index in [9.17, 15) is 9.32 Å². The highest BCUT2D eigenvalue weighted by Crippen LogP contribution is 2.41. The van der Waals surface area contributed by atoms with Gasteiger partial charge in [-0.3, -0.25) is 4.21 Å². The second-order valence-corrected chi connectivity index (χ2v) is 12.7. The number of rotatable bonds is 9. The van der Waals surface area contributed by atoms with Crippen LogP contribution in [0.3, 0.4) is 0 Å². The third-order valence-corrected chi connectivity index (χ3v) is 9.65. The van der Waals surface area contributed by atoms with Crippen molar-refractivity contribution in [3.8, 4) is 0 Å². The molecule has 0 bridgehead atoms. The van der Waals surface area contributed by atoms with E-state index in [-0.39, 0.29) is 16.8 Å². The number of nitrogens with one attached hydrogen (secondary N) is 2. The maximum Gasteiger partial charge on any atom is 0.134 e. The van der Waals surface area contributed by atoms with Crippen molar-refractivity contribution in [1.29, 1.82) is 5.41 Å². The molecular formula is C28H41N5O2S. The maximum atomic E-state index is 11.9. The van der Waals surface area contributed by atoms with Crippen molar-refractivity contribution in [2.24, 2.45) is 11.3 Å². The molecule has 3 N–H and O–H groups in total. The molecule has 1 aliphatic carbocycles. The van der Waals surface area contributed by atoms with E-state index in [0.29, 0.717) is 5.92 Å². The van der Waals surface area contributed by atoms with Crippen LogP contribution in [0.5, 0.6) is 0 Å². The van der Waals surface area contributed by atoms with Gasteiger partial charge in [0.2, 0.25) is 0 Å². The number of hydrogen-bond donors (Lipinski definition) is 3. The number of anilines is 3. The van der Waals surface area contributed by atoms with Crippen molar-refractivity contribution in [3.05, 3.63) is 41.9 Å². The van der Waals surface area contributed by atoms with Gasteiger partial charge in [0, 0.05) is 65.5 Å². The van der Waals surface area contributed by atoms with Crippen LogP contribution in [0.4, 0.5) is 17.2 Å². The highest BCUT2D eigenvalue weighted by molar-refractivity contribution is 7.84. The number of aliphatic hydroxyl groups is 1. The molecule has 1 aliphatic heterocycles. The van der Waals surface area contributed by atoms with E-state index in [4.69, 9.17) is 10.4 Å². The molecular weight excluding hydrogens is 470 g/mol. The van der Waals surface area contributed by atoms with Crippen molar-refractivity contribution in [3.63, 3.8) is 0 Å². The Hall–Kier alpha value is -2.32. The Morgan fingerprint density at radius 3 is 2.56 bits per heavy atom. The molecule has 1 atom stereocenters. The Labute approximate surface area is 218 Å². The predicted molar refractivity (Wildman–Crippen MR) is 149 cm³/mol. The predicted octanol–water partition coefficient (Wildman–Crippen LogP) is 5.08. The van der Waals surface area contributed by atoms with Crippen LogP contribution in [0.2, 0.25) is 0 Å². The van der Waals surface area contributed by atoms with Gasteiger partial charge in [-0.2, -0.15) is 0 Å². The normalized spacial score (nSPS) is 22.3. The zero-order valence-corrected chi connectivity index (χ0v) is 22.7. The zero-order chi connectivity index (χ0) is 25.7. The lowest BCUT2D eigenvalue weighted by Gasteiger charge is -2.38. The molecule has 2 aliphatic rings. The standard InChI is InChI=1S/C28H41N5O2S/c1-28(2,20-7-9-21(34)10-8-20)15-11-26-30-16-12-27(32-26)31-24-5-4-6-25(23(24)19-29)33-17-13-22(14-18-33)36(3)35/h4-6,12,16,19-22,29,34H,7-11,13-15,17-18H2,1-3H3,(H,30,31,32). The lowest BCUT2D eigenvalue weighted by Crippen LogP contribution is -2.38. The monoisotopic (exact) mass is 511 g/mol. The third-order valence-electron chi connectivity index (χ3n) is 8.24. The number of aromatic nitrogens is 2. The van der Waals surface area contributed by atoms with Crippen molar-refractivity contribution < 1.29 is 9.32 Å². The summed E-state index contributed by atoms with van der Waals surface area (Å²) in [6, 6.07) is 7.94. The van der Waals surface area contributed by atoms with Crippen LogP contribution in [0.25, 0.3) is 0 Å². The molecule has 196 valence electrons. The first-order valence-corrected chi connectivity index (χ1v) is 14.9.